The van der Waals surface area contributed by atoms with Gasteiger partial charge in [-0.1, -0.05) is 85.8 Å². The summed E-state index contributed by atoms with van der Waals surface area (Å²) in [7, 11) is 0. The lowest BCUT2D eigenvalue weighted by atomic mass is 9.90. The van der Waals surface area contributed by atoms with Gasteiger partial charge in [-0.2, -0.15) is 0 Å². The fourth-order valence-corrected chi connectivity index (χ4v) is 5.98. The van der Waals surface area contributed by atoms with E-state index in [-0.39, 0.29) is 30.8 Å². The molecule has 3 heterocycles. The van der Waals surface area contributed by atoms with Crippen LogP contribution in [0.3, 0.4) is 0 Å². The number of ether oxygens (including phenoxy) is 2. The molecule has 2 aliphatic rings. The van der Waals surface area contributed by atoms with E-state index in [2.05, 4.69) is 37.3 Å². The molecule has 2 fully saturated rings. The van der Waals surface area contributed by atoms with Crippen molar-refractivity contribution in [3.05, 3.63) is 125 Å². The Bertz CT molecular complexity index is 1520. The highest BCUT2D eigenvalue weighted by Crippen LogP contribution is 2.42. The number of carbonyl (C=O) groups is 1. The van der Waals surface area contributed by atoms with E-state index in [1.165, 1.54) is 0 Å². The number of hydrogen-bond acceptors (Lipinski definition) is 8. The molecule has 2 saturated heterocycles. The number of aromatic nitrogens is 2. The van der Waals surface area contributed by atoms with Crippen molar-refractivity contribution in [3.63, 3.8) is 0 Å². The number of benzene rings is 3. The molecular weight excluding hydrogens is 580 g/mol. The number of aliphatic hydroxyl groups is 1. The van der Waals surface area contributed by atoms with Crippen LogP contribution < -0.4 is 15.5 Å². The van der Waals surface area contributed by atoms with Crippen LogP contribution in [0, 0.1) is 5.92 Å². The van der Waals surface area contributed by atoms with Gasteiger partial charge in [0.15, 0.2) is 6.29 Å². The van der Waals surface area contributed by atoms with Gasteiger partial charge in [0.25, 0.3) is 0 Å². The number of rotatable bonds is 10. The standard InChI is InChI=1S/C36H42N6O4/c1-26-32(24-41-18-20-42(21-19-41)35-37-16-5-17-38-35)45-34(46-33(26)30-12-10-29(25-43)11-13-30)31-14-8-28(9-15-31)23-40-36(44)39-22-27-6-3-2-4-7-27/h2-17,26,32-34,43H,18-25H2,1H3,(H2,39,40,44)/t26-,32+,33+,34+/m0/s1. The van der Waals surface area contributed by atoms with Crippen molar-refractivity contribution in [1.82, 2.24) is 25.5 Å². The van der Waals surface area contributed by atoms with Crippen LogP contribution in [0.4, 0.5) is 10.7 Å². The number of hydrogen-bond donors (Lipinski definition) is 3. The number of nitrogens with one attached hydrogen (secondary N) is 2. The third kappa shape index (κ3) is 8.07. The minimum absolute atomic E-state index is 0.00556. The van der Waals surface area contributed by atoms with Gasteiger partial charge in [0, 0.05) is 69.7 Å². The molecule has 0 radical (unpaired) electrons. The minimum Gasteiger partial charge on any atom is -0.392 e. The van der Waals surface area contributed by atoms with E-state index in [1.807, 2.05) is 84.9 Å². The van der Waals surface area contributed by atoms with Crippen LogP contribution in [0.25, 0.3) is 0 Å². The molecule has 0 spiro atoms. The fraction of sp³-hybridized carbons (Fsp3) is 0.361. The Morgan fingerprint density at radius 3 is 2.04 bits per heavy atom. The van der Waals surface area contributed by atoms with Crippen LogP contribution in [-0.2, 0) is 29.2 Å². The molecule has 0 aliphatic carbocycles. The summed E-state index contributed by atoms with van der Waals surface area (Å²) in [6, 6.07) is 27.5. The Morgan fingerprint density at radius 1 is 0.783 bits per heavy atom. The predicted molar refractivity (Wildman–Crippen MR) is 176 cm³/mol. The number of carbonyl (C=O) groups excluding carboxylic acids is 1. The molecule has 10 heteroatoms. The molecule has 10 nitrogen and oxygen atoms in total. The van der Waals surface area contributed by atoms with E-state index in [0.29, 0.717) is 13.1 Å². The molecule has 4 aromatic rings. The molecule has 1 aromatic heterocycles. The Balaban J connectivity index is 1.10. The Labute approximate surface area is 270 Å². The van der Waals surface area contributed by atoms with E-state index >= 15 is 0 Å². The molecule has 0 bridgehead atoms. The highest BCUT2D eigenvalue weighted by atomic mass is 16.7. The Kier molecular flexibility index (Phi) is 10.5. The molecule has 0 saturated carbocycles. The summed E-state index contributed by atoms with van der Waals surface area (Å²) in [4.78, 5) is 25.9. The van der Waals surface area contributed by atoms with Gasteiger partial charge in [0.2, 0.25) is 5.95 Å². The predicted octanol–water partition coefficient (Wildman–Crippen LogP) is 4.58. The minimum atomic E-state index is -0.543. The van der Waals surface area contributed by atoms with Crippen LogP contribution in [0.15, 0.2) is 97.3 Å². The number of anilines is 1. The number of piperazine rings is 1. The number of amides is 2. The third-order valence-corrected chi connectivity index (χ3v) is 8.77. The summed E-state index contributed by atoms with van der Waals surface area (Å²) in [5, 5.41) is 15.4. The van der Waals surface area contributed by atoms with E-state index < -0.39 is 6.29 Å². The van der Waals surface area contributed by atoms with Gasteiger partial charge < -0.3 is 30.1 Å². The summed E-state index contributed by atoms with van der Waals surface area (Å²) in [6.07, 6.45) is 2.79. The van der Waals surface area contributed by atoms with Gasteiger partial charge in [-0.15, -0.1) is 0 Å². The molecular formula is C36H42N6O4. The second kappa shape index (κ2) is 15.3. The Morgan fingerprint density at radius 2 is 1.39 bits per heavy atom. The second-order valence-electron chi connectivity index (χ2n) is 11.9. The molecule has 3 N–H and O–H groups in total. The summed E-state index contributed by atoms with van der Waals surface area (Å²) < 4.78 is 13.3. The lowest BCUT2D eigenvalue weighted by Crippen LogP contribution is -2.51. The van der Waals surface area contributed by atoms with Gasteiger partial charge in [-0.05, 0) is 28.3 Å². The van der Waals surface area contributed by atoms with E-state index in [9.17, 15) is 9.90 Å². The number of aliphatic hydroxyl groups excluding tert-OH is 1. The lowest BCUT2D eigenvalue weighted by Gasteiger charge is -2.44. The molecule has 240 valence electrons. The van der Waals surface area contributed by atoms with Crippen LogP contribution >= 0.6 is 0 Å². The monoisotopic (exact) mass is 622 g/mol. The van der Waals surface area contributed by atoms with Crippen LogP contribution in [0.2, 0.25) is 0 Å². The molecule has 3 aromatic carbocycles. The first-order chi connectivity index (χ1) is 22.6. The van der Waals surface area contributed by atoms with Crippen molar-refractivity contribution >= 4 is 12.0 Å². The smallest absolute Gasteiger partial charge is 0.315 e. The maximum Gasteiger partial charge on any atom is 0.315 e. The van der Waals surface area contributed by atoms with Crippen molar-refractivity contribution in [2.75, 3.05) is 37.6 Å². The zero-order valence-electron chi connectivity index (χ0n) is 26.2. The topological polar surface area (TPSA) is 112 Å². The Hall–Kier alpha value is -4.35. The van der Waals surface area contributed by atoms with Crippen LogP contribution in [-0.4, -0.2) is 64.8 Å². The maximum absolute atomic E-state index is 12.3. The van der Waals surface area contributed by atoms with Crippen molar-refractivity contribution in [1.29, 1.82) is 0 Å². The molecule has 6 rings (SSSR count). The molecule has 0 unspecified atom stereocenters. The van der Waals surface area contributed by atoms with E-state index in [4.69, 9.17) is 9.47 Å². The van der Waals surface area contributed by atoms with Gasteiger partial charge in [0.1, 0.15) is 0 Å². The number of nitrogens with zero attached hydrogens (tertiary/aromatic N) is 4. The first-order valence-corrected chi connectivity index (χ1v) is 15.9. The largest absolute Gasteiger partial charge is 0.392 e. The van der Waals surface area contributed by atoms with Crippen LogP contribution in [0.1, 0.15) is 47.1 Å². The molecule has 2 amide bonds. The van der Waals surface area contributed by atoms with Crippen molar-refractivity contribution in [2.45, 2.75) is 45.1 Å². The van der Waals surface area contributed by atoms with E-state index in [0.717, 1.165) is 66.5 Å². The fourth-order valence-electron chi connectivity index (χ4n) is 5.98. The normalized spacial score (nSPS) is 21.9. The first kappa shape index (κ1) is 31.6. The zero-order valence-corrected chi connectivity index (χ0v) is 26.2. The average molecular weight is 623 g/mol. The average Bonchev–Trinajstić information content (AvgIpc) is 3.12. The quantitative estimate of drug-likeness (QED) is 0.236. The molecule has 46 heavy (non-hydrogen) atoms. The van der Waals surface area contributed by atoms with Gasteiger partial charge in [-0.3, -0.25) is 4.90 Å². The number of urea groups is 1. The summed E-state index contributed by atoms with van der Waals surface area (Å²) in [5.41, 5.74) is 4.90. The summed E-state index contributed by atoms with van der Waals surface area (Å²) in [5.74, 6) is 0.875. The maximum atomic E-state index is 12.3. The van der Waals surface area contributed by atoms with Gasteiger partial charge in [0.05, 0.1) is 18.8 Å². The highest BCUT2D eigenvalue weighted by molar-refractivity contribution is 5.73. The van der Waals surface area contributed by atoms with Gasteiger partial charge in [-0.25, -0.2) is 14.8 Å². The van der Waals surface area contributed by atoms with Crippen molar-refractivity contribution < 1.29 is 19.4 Å². The molecule has 4 atom stereocenters. The first-order valence-electron chi connectivity index (χ1n) is 15.9. The SMILES string of the molecule is C[C@H]1[C@@H](CN2CCN(c3ncccn3)CC2)O[C@@H](c2ccc(CNC(=O)NCc3ccccc3)cc2)O[C@H]1c1ccc(CO)cc1. The van der Waals surface area contributed by atoms with Gasteiger partial charge >= 0.3 is 6.03 Å². The lowest BCUT2D eigenvalue weighted by molar-refractivity contribution is -0.276. The van der Waals surface area contributed by atoms with Crippen LogP contribution in [0.5, 0.6) is 0 Å². The van der Waals surface area contributed by atoms with Crippen molar-refractivity contribution in [3.8, 4) is 0 Å². The zero-order chi connectivity index (χ0) is 31.7. The third-order valence-electron chi connectivity index (χ3n) is 8.77. The van der Waals surface area contributed by atoms with E-state index in [1.54, 1.807) is 12.4 Å². The van der Waals surface area contributed by atoms with Crippen molar-refractivity contribution in [2.24, 2.45) is 5.92 Å². The summed E-state index contributed by atoms with van der Waals surface area (Å²) in [6.45, 7) is 7.38. The second-order valence-corrected chi connectivity index (χ2v) is 11.9. The summed E-state index contributed by atoms with van der Waals surface area (Å²) >= 11 is 0. The highest BCUT2D eigenvalue weighted by Gasteiger charge is 2.39. The molecule has 2 aliphatic heterocycles.